The van der Waals surface area contributed by atoms with Gasteiger partial charge in [-0.25, -0.2) is 9.18 Å². The van der Waals surface area contributed by atoms with Crippen molar-refractivity contribution in [2.24, 2.45) is 0 Å². The third kappa shape index (κ3) is 4.80. The summed E-state index contributed by atoms with van der Waals surface area (Å²) in [7, 11) is 0. The lowest BCUT2D eigenvalue weighted by molar-refractivity contribution is 0.0695. The number of hydrogen-bond donors (Lipinski definition) is 2. The Labute approximate surface area is 120 Å². The van der Waals surface area contributed by atoms with Crippen molar-refractivity contribution in [3.05, 3.63) is 28.0 Å². The van der Waals surface area contributed by atoms with Crippen LogP contribution in [-0.2, 0) is 4.74 Å². The molecule has 2 N–H and O–H groups in total. The standard InChI is InChI=1S/C13H17BrFNO3/c1-2-3-7-19-8-6-16-10-5-4-9(13(17)18)11(14)12(10)15/h4-5,16H,2-3,6-8H2,1H3,(H,17,18). The quantitative estimate of drug-likeness (QED) is 0.714. The summed E-state index contributed by atoms with van der Waals surface area (Å²) in [6.45, 7) is 3.73. The molecule has 0 spiro atoms. The molecule has 1 rings (SSSR count). The molecule has 19 heavy (non-hydrogen) atoms. The fourth-order valence-electron chi connectivity index (χ4n) is 1.46. The second kappa shape index (κ2) is 8.12. The summed E-state index contributed by atoms with van der Waals surface area (Å²) in [5, 5.41) is 11.7. The summed E-state index contributed by atoms with van der Waals surface area (Å²) in [4.78, 5) is 10.8. The molecule has 0 aliphatic heterocycles. The zero-order chi connectivity index (χ0) is 14.3. The maximum Gasteiger partial charge on any atom is 0.336 e. The molecule has 6 heteroatoms. The van der Waals surface area contributed by atoms with Gasteiger partial charge in [-0.15, -0.1) is 0 Å². The molecule has 1 aromatic carbocycles. The first-order chi connectivity index (χ1) is 9.07. The zero-order valence-electron chi connectivity index (χ0n) is 10.7. The van der Waals surface area contributed by atoms with Gasteiger partial charge in [0.15, 0.2) is 5.82 Å². The van der Waals surface area contributed by atoms with Crippen LogP contribution in [0.2, 0.25) is 0 Å². The largest absolute Gasteiger partial charge is 0.478 e. The molecule has 0 atom stereocenters. The average Bonchev–Trinajstić information content (AvgIpc) is 2.38. The molecule has 0 aliphatic rings. The summed E-state index contributed by atoms with van der Waals surface area (Å²) in [5.74, 6) is -1.77. The number of nitrogens with one attached hydrogen (secondary N) is 1. The highest BCUT2D eigenvalue weighted by Gasteiger charge is 2.15. The monoisotopic (exact) mass is 333 g/mol. The van der Waals surface area contributed by atoms with E-state index in [4.69, 9.17) is 9.84 Å². The summed E-state index contributed by atoms with van der Waals surface area (Å²) in [6.07, 6.45) is 2.08. The lowest BCUT2D eigenvalue weighted by Gasteiger charge is -2.10. The van der Waals surface area contributed by atoms with Gasteiger partial charge in [0.1, 0.15) is 0 Å². The Bertz CT molecular complexity index is 440. The number of carbonyl (C=O) groups is 1. The van der Waals surface area contributed by atoms with Crippen LogP contribution < -0.4 is 5.32 Å². The number of hydrogen-bond acceptors (Lipinski definition) is 3. The molecule has 0 radical (unpaired) electrons. The Morgan fingerprint density at radius 1 is 1.47 bits per heavy atom. The predicted molar refractivity (Wildman–Crippen MR) is 75.3 cm³/mol. The molecule has 0 saturated carbocycles. The van der Waals surface area contributed by atoms with E-state index >= 15 is 0 Å². The van der Waals surface area contributed by atoms with Crippen LogP contribution in [-0.4, -0.2) is 30.8 Å². The van der Waals surface area contributed by atoms with Crippen molar-refractivity contribution in [2.75, 3.05) is 25.1 Å². The fourth-order valence-corrected chi connectivity index (χ4v) is 1.97. The Morgan fingerprint density at radius 2 is 2.21 bits per heavy atom. The number of carboxylic acid groups (broad SMARTS) is 1. The number of rotatable bonds is 8. The molecule has 0 saturated heterocycles. The third-order valence-electron chi connectivity index (χ3n) is 2.52. The second-order valence-electron chi connectivity index (χ2n) is 3.99. The normalized spacial score (nSPS) is 10.5. The molecule has 0 amide bonds. The van der Waals surface area contributed by atoms with E-state index in [9.17, 15) is 9.18 Å². The van der Waals surface area contributed by atoms with Gasteiger partial charge in [0.25, 0.3) is 0 Å². The number of halogens is 2. The van der Waals surface area contributed by atoms with E-state index < -0.39 is 11.8 Å². The Kier molecular flexibility index (Phi) is 6.80. The fraction of sp³-hybridized carbons (Fsp3) is 0.462. The van der Waals surface area contributed by atoms with Crippen LogP contribution in [0.5, 0.6) is 0 Å². The van der Waals surface area contributed by atoms with Gasteiger partial charge >= 0.3 is 5.97 Å². The molecule has 0 fully saturated rings. The van der Waals surface area contributed by atoms with Crippen LogP contribution in [0, 0.1) is 5.82 Å². The highest BCUT2D eigenvalue weighted by molar-refractivity contribution is 9.10. The van der Waals surface area contributed by atoms with Crippen LogP contribution in [0.4, 0.5) is 10.1 Å². The van der Waals surface area contributed by atoms with Gasteiger partial charge in [-0.3, -0.25) is 0 Å². The van der Waals surface area contributed by atoms with Gasteiger partial charge in [-0.1, -0.05) is 13.3 Å². The van der Waals surface area contributed by atoms with Crippen molar-refractivity contribution in [1.29, 1.82) is 0 Å². The van der Waals surface area contributed by atoms with Crippen molar-refractivity contribution >= 4 is 27.6 Å². The van der Waals surface area contributed by atoms with Crippen LogP contribution in [0.15, 0.2) is 16.6 Å². The summed E-state index contributed by atoms with van der Waals surface area (Å²) in [6, 6.07) is 2.77. The van der Waals surface area contributed by atoms with Gasteiger partial charge in [0, 0.05) is 13.2 Å². The predicted octanol–water partition coefficient (Wildman–Crippen LogP) is 3.52. The molecule has 0 heterocycles. The minimum atomic E-state index is -1.17. The van der Waals surface area contributed by atoms with Crippen LogP contribution >= 0.6 is 15.9 Å². The first kappa shape index (κ1) is 15.9. The highest BCUT2D eigenvalue weighted by Crippen LogP contribution is 2.26. The van der Waals surface area contributed by atoms with E-state index in [1.165, 1.54) is 12.1 Å². The van der Waals surface area contributed by atoms with Crippen LogP contribution in [0.1, 0.15) is 30.1 Å². The molecular weight excluding hydrogens is 317 g/mol. The van der Waals surface area contributed by atoms with Gasteiger partial charge in [-0.05, 0) is 34.5 Å². The SMILES string of the molecule is CCCCOCCNc1ccc(C(=O)O)c(Br)c1F. The van der Waals surface area contributed by atoms with E-state index in [0.29, 0.717) is 19.8 Å². The lowest BCUT2D eigenvalue weighted by atomic mass is 10.2. The molecular formula is C13H17BrFNO3. The van der Waals surface area contributed by atoms with Gasteiger partial charge in [0.05, 0.1) is 22.3 Å². The highest BCUT2D eigenvalue weighted by atomic mass is 79.9. The molecule has 106 valence electrons. The van der Waals surface area contributed by atoms with E-state index in [0.717, 1.165) is 12.8 Å². The van der Waals surface area contributed by atoms with Crippen LogP contribution in [0.3, 0.4) is 0 Å². The van der Waals surface area contributed by atoms with Crippen molar-refractivity contribution < 1.29 is 19.0 Å². The first-order valence-corrected chi connectivity index (χ1v) is 6.90. The Morgan fingerprint density at radius 3 is 2.84 bits per heavy atom. The number of ether oxygens (including phenoxy) is 1. The van der Waals surface area contributed by atoms with E-state index in [1.54, 1.807) is 0 Å². The number of aromatic carboxylic acids is 1. The van der Waals surface area contributed by atoms with Crippen molar-refractivity contribution in [3.8, 4) is 0 Å². The topological polar surface area (TPSA) is 58.6 Å². The van der Waals surface area contributed by atoms with Crippen molar-refractivity contribution in [2.45, 2.75) is 19.8 Å². The van der Waals surface area contributed by atoms with Crippen LogP contribution in [0.25, 0.3) is 0 Å². The number of benzene rings is 1. The smallest absolute Gasteiger partial charge is 0.336 e. The average molecular weight is 334 g/mol. The molecule has 0 unspecified atom stereocenters. The minimum absolute atomic E-state index is 0.0445. The molecule has 4 nitrogen and oxygen atoms in total. The van der Waals surface area contributed by atoms with Gasteiger partial charge < -0.3 is 15.2 Å². The number of unbranched alkanes of at least 4 members (excludes halogenated alkanes) is 1. The summed E-state index contributed by atoms with van der Waals surface area (Å²) < 4.78 is 19.1. The number of carboxylic acids is 1. The second-order valence-corrected chi connectivity index (χ2v) is 4.78. The van der Waals surface area contributed by atoms with Gasteiger partial charge in [-0.2, -0.15) is 0 Å². The Balaban J connectivity index is 2.51. The molecule has 0 bridgehead atoms. The summed E-state index contributed by atoms with van der Waals surface area (Å²) in [5.41, 5.74) is 0.165. The number of anilines is 1. The first-order valence-electron chi connectivity index (χ1n) is 6.10. The summed E-state index contributed by atoms with van der Waals surface area (Å²) >= 11 is 2.95. The zero-order valence-corrected chi connectivity index (χ0v) is 12.3. The molecule has 0 aliphatic carbocycles. The lowest BCUT2D eigenvalue weighted by Crippen LogP contribution is -2.12. The molecule has 0 aromatic heterocycles. The molecule has 1 aromatic rings. The van der Waals surface area contributed by atoms with E-state index in [2.05, 4.69) is 28.2 Å². The van der Waals surface area contributed by atoms with Crippen molar-refractivity contribution in [3.63, 3.8) is 0 Å². The maximum absolute atomic E-state index is 13.8. The van der Waals surface area contributed by atoms with E-state index in [1.807, 2.05) is 0 Å². The minimum Gasteiger partial charge on any atom is -0.478 e. The maximum atomic E-state index is 13.8. The van der Waals surface area contributed by atoms with E-state index in [-0.39, 0.29) is 15.7 Å². The van der Waals surface area contributed by atoms with Crippen molar-refractivity contribution in [1.82, 2.24) is 0 Å². The van der Waals surface area contributed by atoms with Gasteiger partial charge in [0.2, 0.25) is 0 Å². The Hall–Kier alpha value is -1.14. The third-order valence-corrected chi connectivity index (χ3v) is 3.29.